The Balaban J connectivity index is 1.72. The van der Waals surface area contributed by atoms with E-state index in [1.54, 1.807) is 24.1 Å². The molecule has 1 saturated heterocycles. The van der Waals surface area contributed by atoms with E-state index in [4.69, 9.17) is 4.74 Å². The van der Waals surface area contributed by atoms with Gasteiger partial charge < -0.3 is 9.64 Å². The first-order chi connectivity index (χ1) is 13.1. The number of carbonyl (C=O) groups is 2. The van der Waals surface area contributed by atoms with Gasteiger partial charge in [-0.3, -0.25) is 9.59 Å². The number of carbonyl (C=O) groups excluding carboxylic acids is 2. The van der Waals surface area contributed by atoms with E-state index in [9.17, 15) is 14.0 Å². The smallest absolute Gasteiger partial charge is 0.224 e. The van der Waals surface area contributed by atoms with Crippen molar-refractivity contribution in [3.63, 3.8) is 0 Å². The molecule has 0 N–H and O–H groups in total. The van der Waals surface area contributed by atoms with Gasteiger partial charge in [0.15, 0.2) is 5.78 Å². The zero-order chi connectivity index (χ0) is 19.2. The summed E-state index contributed by atoms with van der Waals surface area (Å²) in [7, 11) is 1.56. The van der Waals surface area contributed by atoms with Gasteiger partial charge in [-0.25, -0.2) is 4.39 Å². The summed E-state index contributed by atoms with van der Waals surface area (Å²) in [6.07, 6.45) is 1.81. The molecular weight excluding hydrogens is 345 g/mol. The molecule has 2 aromatic rings. The summed E-state index contributed by atoms with van der Waals surface area (Å²) in [5, 5.41) is 0. The second kappa shape index (κ2) is 8.91. The van der Waals surface area contributed by atoms with E-state index in [1.807, 2.05) is 30.3 Å². The third kappa shape index (κ3) is 4.61. The number of piperidine rings is 1. The highest BCUT2D eigenvalue weighted by Crippen LogP contribution is 2.26. The minimum absolute atomic E-state index is 0.0000407. The molecule has 0 unspecified atom stereocenters. The van der Waals surface area contributed by atoms with Crippen LogP contribution in [0.25, 0.3) is 11.1 Å². The summed E-state index contributed by atoms with van der Waals surface area (Å²) in [5.41, 5.74) is 1.62. The van der Waals surface area contributed by atoms with Gasteiger partial charge in [0.1, 0.15) is 5.82 Å². The fraction of sp³-hybridized carbons (Fsp3) is 0.364. The van der Waals surface area contributed by atoms with E-state index in [0.29, 0.717) is 37.2 Å². The van der Waals surface area contributed by atoms with Crippen molar-refractivity contribution in [3.05, 3.63) is 59.9 Å². The van der Waals surface area contributed by atoms with Gasteiger partial charge in [0.2, 0.25) is 5.91 Å². The predicted octanol–water partition coefficient (Wildman–Crippen LogP) is 3.95. The topological polar surface area (TPSA) is 46.6 Å². The number of rotatable bonds is 6. The molecule has 2 aromatic carbocycles. The summed E-state index contributed by atoms with van der Waals surface area (Å²) in [4.78, 5) is 26.8. The van der Waals surface area contributed by atoms with Crippen LogP contribution < -0.4 is 0 Å². The quantitative estimate of drug-likeness (QED) is 0.725. The summed E-state index contributed by atoms with van der Waals surface area (Å²) >= 11 is 0. The van der Waals surface area contributed by atoms with Crippen molar-refractivity contribution >= 4 is 11.7 Å². The number of hydrogen-bond donors (Lipinski definition) is 0. The van der Waals surface area contributed by atoms with Crippen molar-refractivity contribution in [3.8, 4) is 11.1 Å². The average Bonchev–Trinajstić information content (AvgIpc) is 2.72. The summed E-state index contributed by atoms with van der Waals surface area (Å²) in [6, 6.07) is 13.9. The summed E-state index contributed by atoms with van der Waals surface area (Å²) < 4.78 is 19.5. The maximum absolute atomic E-state index is 14.6. The number of amides is 1. The highest BCUT2D eigenvalue weighted by atomic mass is 19.1. The van der Waals surface area contributed by atoms with Crippen LogP contribution >= 0.6 is 0 Å². The number of hydrogen-bond acceptors (Lipinski definition) is 3. The number of halogens is 1. The van der Waals surface area contributed by atoms with Crippen molar-refractivity contribution < 1.29 is 18.7 Å². The second-order valence-electron chi connectivity index (χ2n) is 6.85. The molecule has 0 bridgehead atoms. The van der Waals surface area contributed by atoms with Gasteiger partial charge >= 0.3 is 0 Å². The predicted molar refractivity (Wildman–Crippen MR) is 102 cm³/mol. The van der Waals surface area contributed by atoms with Crippen LogP contribution in [0.3, 0.4) is 0 Å². The Morgan fingerprint density at radius 1 is 1.19 bits per heavy atom. The zero-order valence-corrected chi connectivity index (χ0v) is 15.5. The molecule has 0 saturated carbocycles. The molecule has 1 heterocycles. The van der Waals surface area contributed by atoms with Crippen LogP contribution in [0.1, 0.15) is 29.6 Å². The molecule has 0 spiro atoms. The number of likely N-dealkylation sites (tertiary alicyclic amines) is 1. The number of ketones is 1. The molecule has 0 aliphatic carbocycles. The number of ether oxygens (including phenoxy) is 1. The minimum atomic E-state index is -0.407. The lowest BCUT2D eigenvalue weighted by Crippen LogP contribution is -2.42. The average molecular weight is 369 g/mol. The monoisotopic (exact) mass is 369 g/mol. The van der Waals surface area contributed by atoms with Gasteiger partial charge in [-0.15, -0.1) is 0 Å². The molecule has 27 heavy (non-hydrogen) atoms. The van der Waals surface area contributed by atoms with Gasteiger partial charge in [-0.2, -0.15) is 0 Å². The minimum Gasteiger partial charge on any atom is -0.384 e. The van der Waals surface area contributed by atoms with E-state index in [1.165, 1.54) is 6.07 Å². The fourth-order valence-electron chi connectivity index (χ4n) is 3.52. The number of benzene rings is 2. The Morgan fingerprint density at radius 3 is 2.67 bits per heavy atom. The molecule has 142 valence electrons. The molecular formula is C22H24FNO3. The number of methoxy groups -OCH3 is 1. The summed E-state index contributed by atoms with van der Waals surface area (Å²) in [5.74, 6) is -0.791. The zero-order valence-electron chi connectivity index (χ0n) is 15.5. The van der Waals surface area contributed by atoms with E-state index in [2.05, 4.69) is 0 Å². The van der Waals surface area contributed by atoms with Crippen LogP contribution in [0, 0.1) is 11.7 Å². The maximum Gasteiger partial charge on any atom is 0.224 e. The van der Waals surface area contributed by atoms with Crippen LogP contribution in [-0.2, 0) is 9.53 Å². The van der Waals surface area contributed by atoms with Gasteiger partial charge in [-0.05, 0) is 24.5 Å². The summed E-state index contributed by atoms with van der Waals surface area (Å²) in [6.45, 7) is 1.43. The van der Waals surface area contributed by atoms with Crippen molar-refractivity contribution in [2.75, 3.05) is 26.8 Å². The molecule has 1 amide bonds. The van der Waals surface area contributed by atoms with Crippen molar-refractivity contribution in [2.24, 2.45) is 5.92 Å². The van der Waals surface area contributed by atoms with Crippen molar-refractivity contribution in [2.45, 2.75) is 19.3 Å². The third-order valence-electron chi connectivity index (χ3n) is 5.00. The largest absolute Gasteiger partial charge is 0.384 e. The second-order valence-corrected chi connectivity index (χ2v) is 6.85. The Morgan fingerprint density at radius 2 is 1.96 bits per heavy atom. The number of Topliss-reactive ketones (excluding diaryl/α,β-unsaturated/α-hetero) is 1. The molecule has 1 atom stereocenters. The van der Waals surface area contributed by atoms with Gasteiger partial charge in [0, 0.05) is 37.2 Å². The first kappa shape index (κ1) is 19.2. The lowest BCUT2D eigenvalue weighted by atomic mass is 9.89. The molecule has 0 aromatic heterocycles. The van der Waals surface area contributed by atoms with E-state index < -0.39 is 5.82 Å². The Kier molecular flexibility index (Phi) is 6.35. The lowest BCUT2D eigenvalue weighted by molar-refractivity contribution is -0.133. The molecule has 4 nitrogen and oxygen atoms in total. The van der Waals surface area contributed by atoms with E-state index >= 15 is 0 Å². The first-order valence-corrected chi connectivity index (χ1v) is 9.26. The van der Waals surface area contributed by atoms with Crippen molar-refractivity contribution in [1.29, 1.82) is 0 Å². The van der Waals surface area contributed by atoms with Gasteiger partial charge in [0.25, 0.3) is 0 Å². The van der Waals surface area contributed by atoms with Crippen LogP contribution in [0.2, 0.25) is 0 Å². The van der Waals surface area contributed by atoms with Gasteiger partial charge in [0.05, 0.1) is 13.0 Å². The highest BCUT2D eigenvalue weighted by molar-refractivity contribution is 5.98. The third-order valence-corrected chi connectivity index (χ3v) is 5.00. The van der Waals surface area contributed by atoms with Crippen LogP contribution in [0.5, 0.6) is 0 Å². The van der Waals surface area contributed by atoms with Crippen LogP contribution in [0.4, 0.5) is 4.39 Å². The number of nitrogens with zero attached hydrogens (tertiary/aromatic N) is 1. The normalized spacial score (nSPS) is 17.0. The van der Waals surface area contributed by atoms with Crippen LogP contribution in [-0.4, -0.2) is 43.4 Å². The van der Waals surface area contributed by atoms with Gasteiger partial charge in [-0.1, -0.05) is 42.5 Å². The molecule has 1 aliphatic heterocycles. The maximum atomic E-state index is 14.6. The SMILES string of the molecule is COCCC(=O)N1CCC[C@@H](C(=O)c2ccc(-c3ccccc3)c(F)c2)C1. The Hall–Kier alpha value is -2.53. The standard InChI is InChI=1S/C22H24FNO3/c1-27-13-11-21(25)24-12-5-8-18(15-24)22(26)17-9-10-19(20(23)14-17)16-6-3-2-4-7-16/h2-4,6-7,9-10,14,18H,5,8,11-13,15H2,1H3/t18-/m1/s1. The Bertz CT molecular complexity index is 806. The van der Waals surface area contributed by atoms with E-state index in [0.717, 1.165) is 18.4 Å². The molecule has 1 fully saturated rings. The first-order valence-electron chi connectivity index (χ1n) is 9.26. The lowest BCUT2D eigenvalue weighted by Gasteiger charge is -2.32. The fourth-order valence-corrected chi connectivity index (χ4v) is 3.52. The van der Waals surface area contributed by atoms with E-state index in [-0.39, 0.29) is 17.6 Å². The molecule has 0 radical (unpaired) electrons. The molecule has 1 aliphatic rings. The van der Waals surface area contributed by atoms with Crippen molar-refractivity contribution in [1.82, 2.24) is 4.90 Å². The molecule has 3 rings (SSSR count). The highest BCUT2D eigenvalue weighted by Gasteiger charge is 2.29. The van der Waals surface area contributed by atoms with Crippen LogP contribution in [0.15, 0.2) is 48.5 Å². The Labute approximate surface area is 158 Å². The molecule has 5 heteroatoms.